The molecule has 1 aromatic heterocycles. The Balaban J connectivity index is 3.16. The highest BCUT2D eigenvalue weighted by Gasteiger charge is 2.27. The van der Waals surface area contributed by atoms with E-state index >= 15 is 0 Å². The largest absolute Gasteiger partial charge is 0.390 e. The van der Waals surface area contributed by atoms with Crippen molar-refractivity contribution < 1.29 is 18.0 Å². The average Bonchev–Trinajstić information content (AvgIpc) is 2.14. The molecular weight excluding hydrogens is 241 g/mol. The average molecular weight is 250 g/mol. The van der Waals surface area contributed by atoms with Gasteiger partial charge in [-0.15, -0.1) is 0 Å². The van der Waals surface area contributed by atoms with Crippen molar-refractivity contribution in [3.63, 3.8) is 0 Å². The van der Waals surface area contributed by atoms with Crippen LogP contribution in [-0.4, -0.2) is 21.5 Å². The number of aromatic amines is 1. The van der Waals surface area contributed by atoms with E-state index in [1.165, 1.54) is 0 Å². The molecule has 0 amide bonds. The second-order valence-electron chi connectivity index (χ2n) is 3.39. The number of H-pyrrole nitrogens is 1. The highest BCUT2D eigenvalue weighted by atomic mass is 19.4. The van der Waals surface area contributed by atoms with Gasteiger partial charge in [0, 0.05) is 12.7 Å². The summed E-state index contributed by atoms with van der Waals surface area (Å²) in [6.45, 7) is 0.280. The van der Waals surface area contributed by atoms with E-state index in [-0.39, 0.29) is 5.56 Å². The van der Waals surface area contributed by atoms with Crippen molar-refractivity contribution >= 4 is 5.78 Å². The monoisotopic (exact) mass is 250 g/mol. The summed E-state index contributed by atoms with van der Waals surface area (Å²) >= 11 is 0. The molecule has 0 fully saturated rings. The first-order valence-corrected chi connectivity index (χ1v) is 4.62. The van der Waals surface area contributed by atoms with E-state index in [0.29, 0.717) is 4.57 Å². The molecular formula is C9H9F3N2O3. The summed E-state index contributed by atoms with van der Waals surface area (Å²) in [4.78, 5) is 35.7. The third-order valence-electron chi connectivity index (χ3n) is 2.06. The molecule has 0 aliphatic carbocycles. The van der Waals surface area contributed by atoms with Crippen molar-refractivity contribution in [1.82, 2.24) is 9.55 Å². The zero-order valence-corrected chi connectivity index (χ0v) is 8.80. The molecule has 0 aliphatic heterocycles. The maximum absolute atomic E-state index is 12.0. The number of carbonyl (C=O) groups excluding carboxylic acids is 1. The Labute approximate surface area is 92.9 Å². The Kier molecular flexibility index (Phi) is 3.54. The second-order valence-corrected chi connectivity index (χ2v) is 3.39. The van der Waals surface area contributed by atoms with E-state index in [0.717, 1.165) is 13.1 Å². The van der Waals surface area contributed by atoms with Crippen LogP contribution in [0.2, 0.25) is 0 Å². The maximum atomic E-state index is 12.0. The molecule has 1 heterocycles. The minimum atomic E-state index is -4.47. The van der Waals surface area contributed by atoms with Crippen LogP contribution in [0.15, 0.2) is 15.8 Å². The van der Waals surface area contributed by atoms with Crippen LogP contribution in [0.25, 0.3) is 0 Å². The van der Waals surface area contributed by atoms with Gasteiger partial charge >= 0.3 is 11.9 Å². The minimum absolute atomic E-state index is 0.341. The van der Waals surface area contributed by atoms with Crippen LogP contribution in [0.1, 0.15) is 23.7 Å². The molecule has 94 valence electrons. The van der Waals surface area contributed by atoms with Crippen LogP contribution in [0, 0.1) is 0 Å². The Morgan fingerprint density at radius 3 is 2.47 bits per heavy atom. The fourth-order valence-corrected chi connectivity index (χ4v) is 1.21. The molecule has 5 nitrogen and oxygen atoms in total. The fourth-order valence-electron chi connectivity index (χ4n) is 1.21. The van der Waals surface area contributed by atoms with Crippen LogP contribution in [-0.2, 0) is 6.54 Å². The Bertz CT molecular complexity index is 542. The van der Waals surface area contributed by atoms with Crippen molar-refractivity contribution in [2.24, 2.45) is 0 Å². The number of nitrogens with one attached hydrogen (secondary N) is 1. The lowest BCUT2D eigenvalue weighted by Crippen LogP contribution is -2.38. The molecule has 0 unspecified atom stereocenters. The molecule has 0 saturated heterocycles. The number of hydrogen-bond acceptors (Lipinski definition) is 3. The van der Waals surface area contributed by atoms with Crippen molar-refractivity contribution in [3.8, 4) is 0 Å². The number of nitrogens with zero attached hydrogens (tertiary/aromatic N) is 1. The molecule has 0 radical (unpaired) electrons. The topological polar surface area (TPSA) is 71.9 Å². The predicted molar refractivity (Wildman–Crippen MR) is 52.0 cm³/mol. The summed E-state index contributed by atoms with van der Waals surface area (Å²) in [5, 5.41) is 0. The zero-order chi connectivity index (χ0) is 13.2. The van der Waals surface area contributed by atoms with Crippen molar-refractivity contribution in [1.29, 1.82) is 0 Å². The van der Waals surface area contributed by atoms with Gasteiger partial charge in [-0.25, -0.2) is 4.79 Å². The van der Waals surface area contributed by atoms with Gasteiger partial charge in [-0.05, 0) is 6.92 Å². The van der Waals surface area contributed by atoms with Gasteiger partial charge < -0.3 is 4.98 Å². The van der Waals surface area contributed by atoms with E-state index in [1.54, 1.807) is 0 Å². The molecule has 8 heteroatoms. The van der Waals surface area contributed by atoms with Gasteiger partial charge in [0.15, 0.2) is 5.78 Å². The Morgan fingerprint density at radius 2 is 2.00 bits per heavy atom. The van der Waals surface area contributed by atoms with Crippen LogP contribution in [0.5, 0.6) is 0 Å². The normalized spacial score (nSPS) is 11.5. The van der Waals surface area contributed by atoms with E-state index < -0.39 is 36.2 Å². The summed E-state index contributed by atoms with van der Waals surface area (Å²) in [7, 11) is 0. The van der Waals surface area contributed by atoms with Gasteiger partial charge in [0.05, 0.1) is 12.0 Å². The molecule has 1 N–H and O–H groups in total. The van der Waals surface area contributed by atoms with Crippen molar-refractivity contribution in [2.45, 2.75) is 26.1 Å². The van der Waals surface area contributed by atoms with Gasteiger partial charge in [0.25, 0.3) is 5.56 Å². The van der Waals surface area contributed by atoms with Gasteiger partial charge in [-0.1, -0.05) is 0 Å². The van der Waals surface area contributed by atoms with Crippen LogP contribution >= 0.6 is 0 Å². The molecule has 17 heavy (non-hydrogen) atoms. The SMILES string of the molecule is CC(=O)c1c[nH]c(=O)n(CCC(F)(F)F)c1=O. The molecule has 0 spiro atoms. The highest BCUT2D eigenvalue weighted by Crippen LogP contribution is 2.19. The Hall–Kier alpha value is -1.86. The number of halogens is 3. The number of ketones is 1. The van der Waals surface area contributed by atoms with E-state index in [9.17, 15) is 27.6 Å². The number of rotatable bonds is 3. The smallest absolute Gasteiger partial charge is 0.313 e. The number of hydrogen-bond donors (Lipinski definition) is 1. The van der Waals surface area contributed by atoms with Crippen molar-refractivity contribution in [2.75, 3.05) is 0 Å². The zero-order valence-electron chi connectivity index (χ0n) is 8.80. The number of alkyl halides is 3. The van der Waals surface area contributed by atoms with Gasteiger partial charge in [0.2, 0.25) is 0 Å². The van der Waals surface area contributed by atoms with Gasteiger partial charge in [0.1, 0.15) is 0 Å². The van der Waals surface area contributed by atoms with E-state index in [4.69, 9.17) is 0 Å². The van der Waals surface area contributed by atoms with Gasteiger partial charge in [-0.3, -0.25) is 14.2 Å². The molecule has 0 saturated carbocycles. The summed E-state index contributed by atoms with van der Waals surface area (Å²) in [6.07, 6.45) is -4.88. The number of aromatic nitrogens is 2. The fraction of sp³-hybridized carbons (Fsp3) is 0.444. The molecule has 0 atom stereocenters. The molecule has 0 aromatic carbocycles. The second kappa shape index (κ2) is 4.56. The van der Waals surface area contributed by atoms with Gasteiger partial charge in [-0.2, -0.15) is 13.2 Å². The summed E-state index contributed by atoms with van der Waals surface area (Å²) < 4.78 is 36.3. The lowest BCUT2D eigenvalue weighted by atomic mass is 10.2. The molecule has 0 aliphatic rings. The molecule has 1 aromatic rings. The first-order valence-electron chi connectivity index (χ1n) is 4.62. The minimum Gasteiger partial charge on any atom is -0.313 e. The van der Waals surface area contributed by atoms with Crippen LogP contribution < -0.4 is 11.2 Å². The first-order chi connectivity index (χ1) is 7.72. The predicted octanol–water partition coefficient (Wildman–Crippen LogP) is 0.692. The van der Waals surface area contributed by atoms with Crippen molar-refractivity contribution in [3.05, 3.63) is 32.6 Å². The first kappa shape index (κ1) is 13.2. The number of carbonyl (C=O) groups is 1. The van der Waals surface area contributed by atoms with Crippen LogP contribution in [0.3, 0.4) is 0 Å². The van der Waals surface area contributed by atoms with Crippen LogP contribution in [0.4, 0.5) is 13.2 Å². The summed E-state index contributed by atoms with van der Waals surface area (Å²) in [5.74, 6) is -0.619. The summed E-state index contributed by atoms with van der Waals surface area (Å²) in [5.41, 5.74) is -2.32. The lowest BCUT2D eigenvalue weighted by Gasteiger charge is -2.08. The Morgan fingerprint density at radius 1 is 1.41 bits per heavy atom. The highest BCUT2D eigenvalue weighted by molar-refractivity contribution is 5.93. The summed E-state index contributed by atoms with van der Waals surface area (Å²) in [6, 6.07) is 0. The lowest BCUT2D eigenvalue weighted by molar-refractivity contribution is -0.137. The third kappa shape index (κ3) is 3.30. The molecule has 1 rings (SSSR count). The quantitative estimate of drug-likeness (QED) is 0.802. The standard InChI is InChI=1S/C9H9F3N2O3/c1-5(15)6-4-13-8(17)14(7(6)16)3-2-9(10,11)12/h4H,2-3H2,1H3,(H,13,17). The van der Waals surface area contributed by atoms with E-state index in [1.807, 2.05) is 4.98 Å². The number of Topliss-reactive ketones (excluding diaryl/α,β-unsaturated/α-hetero) is 1. The maximum Gasteiger partial charge on any atom is 0.390 e. The van der Waals surface area contributed by atoms with E-state index in [2.05, 4.69) is 0 Å². The molecule has 0 bridgehead atoms. The third-order valence-corrected chi connectivity index (χ3v) is 2.06.